The van der Waals surface area contributed by atoms with E-state index >= 15 is 0 Å². The minimum absolute atomic E-state index is 0. The molecule has 0 aromatic carbocycles. The summed E-state index contributed by atoms with van der Waals surface area (Å²) in [7, 11) is 0. The molecule has 1 saturated carbocycles. The van der Waals surface area contributed by atoms with E-state index in [1.54, 1.807) is 0 Å². The van der Waals surface area contributed by atoms with Gasteiger partial charge >= 0.3 is 0 Å². The fourth-order valence-corrected chi connectivity index (χ4v) is 4.19. The third-order valence-electron chi connectivity index (χ3n) is 4.44. The van der Waals surface area contributed by atoms with Crippen LogP contribution in [0.1, 0.15) is 38.5 Å². The second kappa shape index (κ2) is 10.9. The Balaban J connectivity index is 0.00000200. The number of hydrogen-bond donors (Lipinski definition) is 2. The summed E-state index contributed by atoms with van der Waals surface area (Å²) >= 11 is 2.05. The van der Waals surface area contributed by atoms with Gasteiger partial charge in [-0.1, -0.05) is 12.8 Å². The Morgan fingerprint density at radius 2 is 1.81 bits per heavy atom. The fraction of sp³-hybridized carbons (Fsp3) is 0.929. The van der Waals surface area contributed by atoms with E-state index in [4.69, 9.17) is 5.73 Å². The van der Waals surface area contributed by atoms with Crippen molar-refractivity contribution in [1.29, 1.82) is 0 Å². The minimum atomic E-state index is 0. The molecule has 0 atom stereocenters. The molecule has 0 spiro atoms. The van der Waals surface area contributed by atoms with Crippen LogP contribution in [0.3, 0.4) is 0 Å². The summed E-state index contributed by atoms with van der Waals surface area (Å²) in [4.78, 5) is 14.4. The Morgan fingerprint density at radius 3 is 2.38 bits per heavy atom. The molecule has 126 valence electrons. The lowest BCUT2D eigenvalue weighted by molar-refractivity contribution is -0.121. The van der Waals surface area contributed by atoms with Gasteiger partial charge in [-0.15, -0.1) is 24.8 Å². The van der Waals surface area contributed by atoms with Gasteiger partial charge in [-0.25, -0.2) is 0 Å². The van der Waals surface area contributed by atoms with Crippen molar-refractivity contribution in [3.8, 4) is 0 Å². The number of hydrogen-bond acceptors (Lipinski definition) is 4. The molecule has 7 heteroatoms. The molecule has 1 amide bonds. The molecule has 1 heterocycles. The molecule has 4 nitrogen and oxygen atoms in total. The van der Waals surface area contributed by atoms with Gasteiger partial charge in [0, 0.05) is 43.1 Å². The summed E-state index contributed by atoms with van der Waals surface area (Å²) in [5.41, 5.74) is 5.70. The van der Waals surface area contributed by atoms with Gasteiger partial charge in [-0.05, 0) is 25.8 Å². The van der Waals surface area contributed by atoms with E-state index in [9.17, 15) is 4.79 Å². The average molecular weight is 358 g/mol. The summed E-state index contributed by atoms with van der Waals surface area (Å²) < 4.78 is 0. The smallest absolute Gasteiger partial charge is 0.220 e. The van der Waals surface area contributed by atoms with Crippen LogP contribution in [0.2, 0.25) is 0 Å². The van der Waals surface area contributed by atoms with E-state index in [-0.39, 0.29) is 36.3 Å². The molecule has 1 aliphatic carbocycles. The van der Waals surface area contributed by atoms with Crippen molar-refractivity contribution in [1.82, 2.24) is 10.2 Å². The number of halogens is 2. The Labute approximate surface area is 145 Å². The highest BCUT2D eigenvalue weighted by Crippen LogP contribution is 2.36. The zero-order valence-electron chi connectivity index (χ0n) is 12.6. The van der Waals surface area contributed by atoms with E-state index in [0.29, 0.717) is 13.0 Å². The summed E-state index contributed by atoms with van der Waals surface area (Å²) in [5.74, 6) is 2.65. The first-order chi connectivity index (χ1) is 9.27. The first kappa shape index (κ1) is 21.3. The largest absolute Gasteiger partial charge is 0.354 e. The Bertz CT molecular complexity index is 296. The summed E-state index contributed by atoms with van der Waals surface area (Å²) in [5, 5.41) is 3.15. The van der Waals surface area contributed by atoms with E-state index in [1.165, 1.54) is 50.3 Å². The maximum absolute atomic E-state index is 11.8. The molecule has 21 heavy (non-hydrogen) atoms. The third-order valence-corrected chi connectivity index (χ3v) is 5.38. The first-order valence-electron chi connectivity index (χ1n) is 7.56. The predicted molar refractivity (Wildman–Crippen MR) is 95.9 cm³/mol. The Kier molecular flexibility index (Phi) is 11.1. The van der Waals surface area contributed by atoms with Gasteiger partial charge < -0.3 is 11.1 Å². The quantitative estimate of drug-likeness (QED) is 0.763. The van der Waals surface area contributed by atoms with Crippen molar-refractivity contribution in [3.05, 3.63) is 0 Å². The van der Waals surface area contributed by atoms with Gasteiger partial charge in [0.2, 0.25) is 5.91 Å². The number of nitrogens with two attached hydrogens (primary N) is 1. The third kappa shape index (κ3) is 6.14. The van der Waals surface area contributed by atoms with Crippen molar-refractivity contribution in [3.63, 3.8) is 0 Å². The van der Waals surface area contributed by atoms with Crippen molar-refractivity contribution in [2.24, 2.45) is 5.73 Å². The number of rotatable bonds is 6. The van der Waals surface area contributed by atoms with E-state index in [1.807, 2.05) is 11.8 Å². The lowest BCUT2D eigenvalue weighted by Crippen LogP contribution is -2.56. The van der Waals surface area contributed by atoms with Gasteiger partial charge in [0.1, 0.15) is 0 Å². The highest BCUT2D eigenvalue weighted by atomic mass is 35.5. The molecule has 2 fully saturated rings. The zero-order chi connectivity index (χ0) is 13.6. The standard InChI is InChI=1S/C14H27N3OS.2ClH/c15-7-3-4-13(18)16-12-14(5-1-2-6-14)17-8-10-19-11-9-17;;/h1-12,15H2,(H,16,18);2*1H. The zero-order valence-corrected chi connectivity index (χ0v) is 15.1. The van der Waals surface area contributed by atoms with Crippen LogP contribution in [0.4, 0.5) is 0 Å². The fourth-order valence-electron chi connectivity index (χ4n) is 3.29. The molecule has 0 unspecified atom stereocenters. The van der Waals surface area contributed by atoms with E-state index < -0.39 is 0 Å². The SMILES string of the molecule is Cl.Cl.NCCCC(=O)NCC1(N2CCSCC2)CCCC1. The van der Waals surface area contributed by atoms with Gasteiger partial charge in [-0.3, -0.25) is 9.69 Å². The lowest BCUT2D eigenvalue weighted by Gasteiger charge is -2.43. The highest BCUT2D eigenvalue weighted by molar-refractivity contribution is 7.99. The minimum Gasteiger partial charge on any atom is -0.354 e. The lowest BCUT2D eigenvalue weighted by atomic mass is 9.94. The number of amides is 1. The molecular weight excluding hydrogens is 329 g/mol. The molecule has 0 radical (unpaired) electrons. The average Bonchev–Trinajstić information content (AvgIpc) is 2.94. The Hall–Kier alpha value is 0.320. The Morgan fingerprint density at radius 1 is 1.19 bits per heavy atom. The van der Waals surface area contributed by atoms with E-state index in [0.717, 1.165) is 13.0 Å². The summed E-state index contributed by atoms with van der Waals surface area (Å²) in [6, 6.07) is 0. The van der Waals surface area contributed by atoms with E-state index in [2.05, 4.69) is 10.2 Å². The molecule has 0 aromatic rings. The summed E-state index contributed by atoms with van der Waals surface area (Å²) in [6.45, 7) is 3.80. The van der Waals surface area contributed by atoms with Gasteiger partial charge in [0.05, 0.1) is 0 Å². The maximum atomic E-state index is 11.8. The van der Waals surface area contributed by atoms with Gasteiger partial charge in [-0.2, -0.15) is 11.8 Å². The predicted octanol–water partition coefficient (Wildman–Crippen LogP) is 2.05. The van der Waals surface area contributed by atoms with Crippen LogP contribution in [-0.2, 0) is 4.79 Å². The molecule has 2 aliphatic rings. The van der Waals surface area contributed by atoms with Crippen LogP contribution in [0.5, 0.6) is 0 Å². The second-order valence-electron chi connectivity index (χ2n) is 5.70. The van der Waals surface area contributed by atoms with Crippen molar-refractivity contribution in [2.75, 3.05) is 37.7 Å². The molecular formula is C14H29Cl2N3OS. The van der Waals surface area contributed by atoms with Crippen molar-refractivity contribution >= 4 is 42.5 Å². The van der Waals surface area contributed by atoms with Gasteiger partial charge in [0.15, 0.2) is 0 Å². The molecule has 1 aliphatic heterocycles. The second-order valence-corrected chi connectivity index (χ2v) is 6.92. The molecule has 1 saturated heterocycles. The van der Waals surface area contributed by atoms with Crippen LogP contribution in [-0.4, -0.2) is 54.0 Å². The van der Waals surface area contributed by atoms with Crippen LogP contribution in [0.15, 0.2) is 0 Å². The topological polar surface area (TPSA) is 58.4 Å². The first-order valence-corrected chi connectivity index (χ1v) is 8.72. The monoisotopic (exact) mass is 357 g/mol. The molecule has 0 aromatic heterocycles. The van der Waals surface area contributed by atoms with Crippen molar-refractivity contribution in [2.45, 2.75) is 44.1 Å². The number of carbonyl (C=O) groups is 1. The van der Waals surface area contributed by atoms with Crippen LogP contribution in [0.25, 0.3) is 0 Å². The number of carbonyl (C=O) groups excluding carboxylic acids is 1. The van der Waals surface area contributed by atoms with Crippen LogP contribution < -0.4 is 11.1 Å². The van der Waals surface area contributed by atoms with Gasteiger partial charge in [0.25, 0.3) is 0 Å². The number of nitrogens with one attached hydrogen (secondary N) is 1. The maximum Gasteiger partial charge on any atom is 0.220 e. The van der Waals surface area contributed by atoms with Crippen LogP contribution in [0, 0.1) is 0 Å². The molecule has 0 bridgehead atoms. The van der Waals surface area contributed by atoms with Crippen molar-refractivity contribution < 1.29 is 4.79 Å². The highest BCUT2D eigenvalue weighted by Gasteiger charge is 2.39. The number of nitrogens with zero attached hydrogens (tertiary/aromatic N) is 1. The molecule has 2 rings (SSSR count). The van der Waals surface area contributed by atoms with Crippen LogP contribution >= 0.6 is 36.6 Å². The summed E-state index contributed by atoms with van der Waals surface area (Å²) in [6.07, 6.45) is 6.47. The molecule has 3 N–H and O–H groups in total. The number of thioether (sulfide) groups is 1. The normalized spacial score (nSPS) is 21.2.